The second-order valence-electron chi connectivity index (χ2n) is 1.47. The number of rotatable bonds is 1. The lowest BCUT2D eigenvalue weighted by Crippen LogP contribution is -1.86. The van der Waals surface area contributed by atoms with Gasteiger partial charge in [0.2, 0.25) is 0 Å². The van der Waals surface area contributed by atoms with Crippen LogP contribution >= 0.6 is 0 Å². The molecule has 1 radical (unpaired) electrons. The van der Waals surface area contributed by atoms with Gasteiger partial charge in [0.1, 0.15) is 5.69 Å². The Kier molecular flexibility index (Phi) is 1.72. The minimum atomic E-state index is -2.51. The van der Waals surface area contributed by atoms with Crippen molar-refractivity contribution in [2.75, 3.05) is 0 Å². The van der Waals surface area contributed by atoms with E-state index in [9.17, 15) is 8.78 Å². The summed E-state index contributed by atoms with van der Waals surface area (Å²) in [5.41, 5.74) is -0.294. The molecular formula is C6H4F2N. The molecule has 0 saturated heterocycles. The molecule has 0 aromatic carbocycles. The lowest BCUT2D eigenvalue weighted by molar-refractivity contribution is 0.146. The molecule has 1 aromatic rings. The molecule has 0 bridgehead atoms. The zero-order chi connectivity index (χ0) is 6.69. The van der Waals surface area contributed by atoms with Crippen LogP contribution in [0.15, 0.2) is 18.3 Å². The molecule has 1 rings (SSSR count). The van der Waals surface area contributed by atoms with E-state index in [0.29, 0.717) is 0 Å². The molecule has 0 fully saturated rings. The van der Waals surface area contributed by atoms with E-state index in [0.717, 1.165) is 0 Å². The van der Waals surface area contributed by atoms with Crippen molar-refractivity contribution >= 4 is 0 Å². The van der Waals surface area contributed by atoms with E-state index < -0.39 is 6.43 Å². The monoisotopic (exact) mass is 128 g/mol. The van der Waals surface area contributed by atoms with Crippen LogP contribution in [0, 0.1) is 6.07 Å². The molecule has 0 aliphatic carbocycles. The van der Waals surface area contributed by atoms with Crippen LogP contribution in [0.5, 0.6) is 0 Å². The van der Waals surface area contributed by atoms with E-state index in [1.54, 1.807) is 6.07 Å². The van der Waals surface area contributed by atoms with Crippen LogP contribution in [0.1, 0.15) is 12.1 Å². The molecule has 0 N–H and O–H groups in total. The van der Waals surface area contributed by atoms with E-state index in [-0.39, 0.29) is 5.69 Å². The summed E-state index contributed by atoms with van der Waals surface area (Å²) in [5, 5.41) is 0. The smallest absolute Gasteiger partial charge is 0.255 e. The highest BCUT2D eigenvalue weighted by Crippen LogP contribution is 2.13. The zero-order valence-corrected chi connectivity index (χ0v) is 4.51. The van der Waals surface area contributed by atoms with Gasteiger partial charge in [0.25, 0.3) is 6.43 Å². The van der Waals surface area contributed by atoms with Crippen molar-refractivity contribution in [1.82, 2.24) is 4.98 Å². The minimum absolute atomic E-state index is 0.294. The fourth-order valence-electron chi connectivity index (χ4n) is 0.456. The Bertz CT molecular complexity index is 174. The molecule has 0 amide bonds. The maximum absolute atomic E-state index is 11.7. The van der Waals surface area contributed by atoms with Gasteiger partial charge in [-0.1, -0.05) is 6.07 Å². The van der Waals surface area contributed by atoms with Gasteiger partial charge in [0.05, 0.1) is 0 Å². The number of hydrogen-bond acceptors (Lipinski definition) is 1. The van der Waals surface area contributed by atoms with Crippen molar-refractivity contribution in [2.24, 2.45) is 0 Å². The van der Waals surface area contributed by atoms with Crippen molar-refractivity contribution < 1.29 is 8.78 Å². The van der Waals surface area contributed by atoms with Crippen molar-refractivity contribution in [1.29, 1.82) is 0 Å². The van der Waals surface area contributed by atoms with Crippen LogP contribution in [0.25, 0.3) is 0 Å². The van der Waals surface area contributed by atoms with E-state index >= 15 is 0 Å². The predicted molar refractivity (Wildman–Crippen MR) is 28.0 cm³/mol. The molecule has 0 atom stereocenters. The first kappa shape index (κ1) is 6.13. The molecule has 1 heterocycles. The summed E-state index contributed by atoms with van der Waals surface area (Å²) >= 11 is 0. The molecule has 9 heavy (non-hydrogen) atoms. The quantitative estimate of drug-likeness (QED) is 0.562. The zero-order valence-electron chi connectivity index (χ0n) is 4.51. The fourth-order valence-corrected chi connectivity index (χ4v) is 0.456. The predicted octanol–water partition coefficient (Wildman–Crippen LogP) is 1.82. The molecule has 0 saturated carbocycles. The first-order valence-corrected chi connectivity index (χ1v) is 2.41. The topological polar surface area (TPSA) is 12.9 Å². The Morgan fingerprint density at radius 1 is 1.56 bits per heavy atom. The lowest BCUT2D eigenvalue weighted by Gasteiger charge is -1.92. The Morgan fingerprint density at radius 2 is 2.33 bits per heavy atom. The normalized spacial score (nSPS) is 10.1. The third-order valence-corrected chi connectivity index (χ3v) is 0.834. The highest BCUT2D eigenvalue weighted by atomic mass is 19.3. The first-order chi connectivity index (χ1) is 4.30. The van der Waals surface area contributed by atoms with Crippen molar-refractivity contribution in [3.63, 3.8) is 0 Å². The minimum Gasteiger partial charge on any atom is -0.255 e. The summed E-state index contributed by atoms with van der Waals surface area (Å²) in [5.74, 6) is 0. The molecule has 1 aromatic heterocycles. The Hall–Kier alpha value is -0.990. The van der Waals surface area contributed by atoms with E-state index in [1.165, 1.54) is 12.3 Å². The molecule has 1 nitrogen and oxygen atoms in total. The van der Waals surface area contributed by atoms with Crippen molar-refractivity contribution in [2.45, 2.75) is 6.43 Å². The Balaban J connectivity index is 2.85. The van der Waals surface area contributed by atoms with E-state index in [1.807, 2.05) is 0 Å². The first-order valence-electron chi connectivity index (χ1n) is 2.41. The Labute approximate surface area is 51.3 Å². The highest BCUT2D eigenvalue weighted by Gasteiger charge is 2.05. The van der Waals surface area contributed by atoms with Crippen LogP contribution in [0.4, 0.5) is 8.78 Å². The number of halogens is 2. The van der Waals surface area contributed by atoms with Gasteiger partial charge in [0.15, 0.2) is 0 Å². The van der Waals surface area contributed by atoms with Gasteiger partial charge < -0.3 is 0 Å². The molecule has 3 heteroatoms. The van der Waals surface area contributed by atoms with Crippen molar-refractivity contribution in [3.05, 3.63) is 30.1 Å². The van der Waals surface area contributed by atoms with Gasteiger partial charge in [-0.3, -0.25) is 4.98 Å². The summed E-state index contributed by atoms with van der Waals surface area (Å²) in [6.45, 7) is 0. The average molecular weight is 128 g/mol. The van der Waals surface area contributed by atoms with Crippen LogP contribution in [-0.4, -0.2) is 4.98 Å². The van der Waals surface area contributed by atoms with Gasteiger partial charge in [0, 0.05) is 12.3 Å². The van der Waals surface area contributed by atoms with Gasteiger partial charge in [-0.25, -0.2) is 8.78 Å². The van der Waals surface area contributed by atoms with Crippen LogP contribution in [0.2, 0.25) is 0 Å². The molecule has 0 aliphatic rings. The fraction of sp³-hybridized carbons (Fsp3) is 0.167. The van der Waals surface area contributed by atoms with E-state index in [2.05, 4.69) is 11.1 Å². The summed E-state index contributed by atoms with van der Waals surface area (Å²) in [6, 6.07) is 5.27. The molecule has 0 aliphatic heterocycles. The van der Waals surface area contributed by atoms with E-state index in [4.69, 9.17) is 0 Å². The highest BCUT2D eigenvalue weighted by molar-refractivity contribution is 5.01. The van der Waals surface area contributed by atoms with Crippen LogP contribution in [-0.2, 0) is 0 Å². The van der Waals surface area contributed by atoms with Gasteiger partial charge in [-0.2, -0.15) is 0 Å². The third kappa shape index (κ3) is 1.45. The number of alkyl halides is 2. The second-order valence-corrected chi connectivity index (χ2v) is 1.47. The standard InChI is InChI=1S/C6H4F2N/c7-6(8)5-3-1-2-4-9-5/h1-2,4,6H. The summed E-state index contributed by atoms with van der Waals surface area (Å²) in [6.07, 6.45) is -1.19. The lowest BCUT2D eigenvalue weighted by atomic mass is 10.4. The number of hydrogen-bond donors (Lipinski definition) is 0. The maximum atomic E-state index is 11.7. The summed E-state index contributed by atoms with van der Waals surface area (Å²) < 4.78 is 23.3. The van der Waals surface area contributed by atoms with Crippen LogP contribution < -0.4 is 0 Å². The molecule has 0 unspecified atom stereocenters. The van der Waals surface area contributed by atoms with Gasteiger partial charge in [-0.05, 0) is 6.07 Å². The summed E-state index contributed by atoms with van der Waals surface area (Å²) in [7, 11) is 0. The molecule has 0 spiro atoms. The second kappa shape index (κ2) is 2.53. The van der Waals surface area contributed by atoms with Gasteiger partial charge in [-0.15, -0.1) is 0 Å². The van der Waals surface area contributed by atoms with Crippen molar-refractivity contribution in [3.8, 4) is 0 Å². The largest absolute Gasteiger partial charge is 0.280 e. The summed E-state index contributed by atoms with van der Waals surface area (Å²) in [4.78, 5) is 3.37. The number of nitrogens with zero attached hydrogens (tertiary/aromatic N) is 1. The number of pyridine rings is 1. The molecule has 47 valence electrons. The maximum Gasteiger partial charge on any atom is 0.280 e. The average Bonchev–Trinajstić information content (AvgIpc) is 1.90. The Morgan fingerprint density at radius 3 is 2.67 bits per heavy atom. The van der Waals surface area contributed by atoms with Gasteiger partial charge >= 0.3 is 0 Å². The molecular weight excluding hydrogens is 124 g/mol. The number of aromatic nitrogens is 1. The van der Waals surface area contributed by atoms with Crippen LogP contribution in [0.3, 0.4) is 0 Å². The SMILES string of the molecule is FC(F)c1[c]cccn1. The third-order valence-electron chi connectivity index (χ3n) is 0.834.